The molecule has 4 N–H and O–H groups in total. The van der Waals surface area contributed by atoms with Crippen LogP contribution in [0.3, 0.4) is 0 Å². The number of aliphatic hydroxyl groups excluding tert-OH is 1. The third kappa shape index (κ3) is 14.5. The molecule has 18 heteroatoms. The smallest absolute Gasteiger partial charge is 0.293 e. The number of nitro groups is 1. The number of rotatable bonds is 19. The molecule has 2 unspecified atom stereocenters. The Kier molecular flexibility index (Phi) is 19.1. The van der Waals surface area contributed by atoms with Gasteiger partial charge < -0.3 is 30.4 Å². The zero-order valence-corrected chi connectivity index (χ0v) is 43.3. The molecule has 0 radical (unpaired) electrons. The van der Waals surface area contributed by atoms with Crippen molar-refractivity contribution in [3.05, 3.63) is 129 Å². The van der Waals surface area contributed by atoms with E-state index in [4.69, 9.17) is 11.6 Å². The summed E-state index contributed by atoms with van der Waals surface area (Å²) in [5.41, 5.74) is 5.36. The SMILES string of the molecule is CC1(CN2CCNCC2)CCC(c2ccc(Cl)cc2)=C(CN2CCN(c3ccc(C(=O)NS(=O)(=O)c4ccc(NC(CCN5CCC(CO)CC5)CSc5ccccc5)c([N+](=O)[O-])c4)cc3)CC2)C1.Cl. The highest BCUT2D eigenvalue weighted by molar-refractivity contribution is 7.99. The average molecular weight is 1040 g/mol. The normalized spacial score (nSPS) is 20.4. The van der Waals surface area contributed by atoms with Crippen LogP contribution in [0, 0.1) is 21.4 Å². The maximum absolute atomic E-state index is 13.6. The van der Waals surface area contributed by atoms with Crippen LogP contribution in [0.2, 0.25) is 5.02 Å². The van der Waals surface area contributed by atoms with Gasteiger partial charge in [0.25, 0.3) is 21.6 Å². The van der Waals surface area contributed by atoms with Gasteiger partial charge in [0.2, 0.25) is 0 Å². The Bertz CT molecular complexity index is 2500. The lowest BCUT2D eigenvalue weighted by Crippen LogP contribution is -2.49. The summed E-state index contributed by atoms with van der Waals surface area (Å²) in [5.74, 6) is 0.127. The topological polar surface area (TPSA) is 164 Å². The van der Waals surface area contributed by atoms with Gasteiger partial charge in [-0.2, -0.15) is 0 Å². The summed E-state index contributed by atoms with van der Waals surface area (Å²) in [5, 5.41) is 29.6. The van der Waals surface area contributed by atoms with E-state index in [0.717, 1.165) is 139 Å². The van der Waals surface area contributed by atoms with Crippen molar-refractivity contribution >= 4 is 74.3 Å². The number of sulfonamides is 1. The Morgan fingerprint density at radius 1 is 0.914 bits per heavy atom. The van der Waals surface area contributed by atoms with Crippen LogP contribution in [0.25, 0.3) is 5.57 Å². The number of carbonyl (C=O) groups is 1. The minimum atomic E-state index is -4.47. The summed E-state index contributed by atoms with van der Waals surface area (Å²) < 4.78 is 29.4. The molecule has 0 saturated carbocycles. The minimum Gasteiger partial charge on any atom is -0.396 e. The van der Waals surface area contributed by atoms with Crippen molar-refractivity contribution in [3.63, 3.8) is 0 Å². The van der Waals surface area contributed by atoms with Crippen molar-refractivity contribution in [1.82, 2.24) is 24.7 Å². The zero-order valence-electron chi connectivity index (χ0n) is 40.1. The third-order valence-electron chi connectivity index (χ3n) is 14.4. The Morgan fingerprint density at radius 3 is 2.29 bits per heavy atom. The summed E-state index contributed by atoms with van der Waals surface area (Å²) in [6.45, 7) is 14.9. The summed E-state index contributed by atoms with van der Waals surface area (Å²) >= 11 is 7.94. The van der Waals surface area contributed by atoms with Gasteiger partial charge in [0.15, 0.2) is 0 Å². The summed E-state index contributed by atoms with van der Waals surface area (Å²) in [7, 11) is -4.47. The molecule has 3 fully saturated rings. The molecule has 4 aromatic carbocycles. The number of piperazine rings is 2. The van der Waals surface area contributed by atoms with Gasteiger partial charge in [-0.15, -0.1) is 24.2 Å². The van der Waals surface area contributed by atoms with Crippen LogP contribution in [-0.2, 0) is 10.0 Å². The van der Waals surface area contributed by atoms with Crippen molar-refractivity contribution in [2.45, 2.75) is 61.3 Å². The molecule has 4 aromatic rings. The lowest BCUT2D eigenvalue weighted by molar-refractivity contribution is -0.384. The maximum Gasteiger partial charge on any atom is 0.293 e. The van der Waals surface area contributed by atoms with E-state index >= 15 is 0 Å². The molecule has 3 aliphatic heterocycles. The van der Waals surface area contributed by atoms with Crippen molar-refractivity contribution in [1.29, 1.82) is 0 Å². The van der Waals surface area contributed by atoms with Crippen molar-refractivity contribution < 1.29 is 23.2 Å². The Hall–Kier alpha value is -4.23. The number of thioether (sulfide) groups is 1. The molecule has 3 saturated heterocycles. The highest BCUT2D eigenvalue weighted by Crippen LogP contribution is 2.44. The predicted octanol–water partition coefficient (Wildman–Crippen LogP) is 8.13. The number of anilines is 2. The molecule has 0 bridgehead atoms. The van der Waals surface area contributed by atoms with Gasteiger partial charge in [0.1, 0.15) is 5.69 Å². The number of allylic oxidation sites excluding steroid dienone is 1. The van der Waals surface area contributed by atoms with E-state index in [9.17, 15) is 28.4 Å². The zero-order chi connectivity index (χ0) is 48.4. The molecule has 70 heavy (non-hydrogen) atoms. The number of nitrogens with one attached hydrogen (secondary N) is 3. The Balaban J connectivity index is 0.00000722. The lowest BCUT2D eigenvalue weighted by Gasteiger charge is -2.43. The fourth-order valence-corrected chi connectivity index (χ4v) is 12.4. The van der Waals surface area contributed by atoms with Gasteiger partial charge in [0, 0.05) is 118 Å². The van der Waals surface area contributed by atoms with E-state index in [-0.39, 0.29) is 46.6 Å². The first kappa shape index (κ1) is 53.6. The van der Waals surface area contributed by atoms with Gasteiger partial charge in [-0.1, -0.05) is 54.4 Å². The number of piperidine rings is 1. The molecule has 8 rings (SSSR count). The largest absolute Gasteiger partial charge is 0.396 e. The maximum atomic E-state index is 13.6. The Labute approximate surface area is 429 Å². The monoisotopic (exact) mass is 1030 g/mol. The number of hydrogen-bond donors (Lipinski definition) is 4. The molecule has 14 nitrogen and oxygen atoms in total. The third-order valence-corrected chi connectivity index (χ3v) is 17.1. The quantitative estimate of drug-likeness (QED) is 0.0405. The molecule has 3 heterocycles. The number of nitrogens with zero attached hydrogens (tertiary/aromatic N) is 5. The van der Waals surface area contributed by atoms with Crippen LogP contribution in [0.15, 0.2) is 112 Å². The van der Waals surface area contributed by atoms with Gasteiger partial charge in [-0.25, -0.2) is 13.1 Å². The Morgan fingerprint density at radius 2 is 1.61 bits per heavy atom. The van der Waals surface area contributed by atoms with E-state index in [2.05, 4.69) is 54.0 Å². The summed E-state index contributed by atoms with van der Waals surface area (Å²) in [4.78, 5) is 35.8. The fraction of sp³-hybridized carbons (Fsp3) is 0.481. The predicted molar refractivity (Wildman–Crippen MR) is 285 cm³/mol. The molecular weight excluding hydrogens is 968 g/mol. The van der Waals surface area contributed by atoms with Crippen LogP contribution in [-0.4, -0.2) is 143 Å². The molecular formula is C52H68Cl2N8O6S2. The number of carbonyl (C=O) groups excluding carboxylic acids is 1. The van der Waals surface area contributed by atoms with E-state index in [1.54, 1.807) is 23.9 Å². The first-order valence-corrected chi connectivity index (χ1v) is 27.3. The summed E-state index contributed by atoms with van der Waals surface area (Å²) in [6, 6.07) is 28.7. The first-order valence-electron chi connectivity index (χ1n) is 24.4. The number of aliphatic hydroxyl groups is 1. The summed E-state index contributed by atoms with van der Waals surface area (Å²) in [6.07, 6.45) is 5.84. The van der Waals surface area contributed by atoms with Crippen molar-refractivity contribution in [2.24, 2.45) is 11.3 Å². The number of likely N-dealkylation sites (tertiary alicyclic amines) is 1. The highest BCUT2D eigenvalue weighted by Gasteiger charge is 2.35. The second kappa shape index (κ2) is 24.9. The van der Waals surface area contributed by atoms with Gasteiger partial charge in [-0.05, 0) is 135 Å². The first-order chi connectivity index (χ1) is 33.3. The van der Waals surface area contributed by atoms with Crippen molar-refractivity contribution in [2.75, 3.05) is 108 Å². The number of amides is 1. The lowest BCUT2D eigenvalue weighted by atomic mass is 9.71. The number of nitro benzene ring substituents is 1. The molecule has 0 aromatic heterocycles. The number of benzene rings is 4. The minimum absolute atomic E-state index is 0. The molecule has 2 atom stereocenters. The van der Waals surface area contributed by atoms with Crippen LogP contribution in [0.1, 0.15) is 61.4 Å². The second-order valence-electron chi connectivity index (χ2n) is 19.5. The van der Waals surface area contributed by atoms with E-state index in [1.807, 2.05) is 54.6 Å². The molecule has 1 amide bonds. The van der Waals surface area contributed by atoms with E-state index < -0.39 is 26.5 Å². The van der Waals surface area contributed by atoms with Crippen LogP contribution < -0.4 is 20.3 Å². The number of halogens is 2. The van der Waals surface area contributed by atoms with Crippen LogP contribution >= 0.6 is 35.8 Å². The highest BCUT2D eigenvalue weighted by atomic mass is 35.5. The molecule has 0 spiro atoms. The van der Waals surface area contributed by atoms with E-state index in [0.29, 0.717) is 18.1 Å². The number of hydrogen-bond acceptors (Lipinski definition) is 13. The van der Waals surface area contributed by atoms with Gasteiger partial charge in [-0.3, -0.25) is 19.8 Å². The standard InChI is InChI=1S/C52H67ClN8O6S2.ClH/c1-52(38-59-27-22-54-23-28-59)21-17-48(40-7-11-43(53)12-8-40)42(34-52)35-58-29-31-60(32-30-58)45-13-9-41(10-14-45)51(63)56-69(66,67)47-15-16-49(50(33-47)61(64)65)55-44(37-68-46-5-3-2-4-6-46)20-26-57-24-18-39(36-62)19-25-57;/h2-16,33,39,44,54-55,62H,17-32,34-38H2,1H3,(H,56,63);1H. The fourth-order valence-electron chi connectivity index (χ4n) is 10.3. The van der Waals surface area contributed by atoms with Crippen LogP contribution in [0.5, 0.6) is 0 Å². The van der Waals surface area contributed by atoms with Crippen LogP contribution in [0.4, 0.5) is 17.1 Å². The van der Waals surface area contributed by atoms with Gasteiger partial charge in [0.05, 0.1) is 9.82 Å². The average Bonchev–Trinajstić information content (AvgIpc) is 3.36. The molecule has 4 aliphatic rings. The van der Waals surface area contributed by atoms with Crippen molar-refractivity contribution in [3.8, 4) is 0 Å². The molecule has 1 aliphatic carbocycles. The molecule has 378 valence electrons. The van der Waals surface area contributed by atoms with E-state index in [1.165, 1.54) is 28.8 Å². The second-order valence-corrected chi connectivity index (χ2v) is 22.7. The van der Waals surface area contributed by atoms with Gasteiger partial charge >= 0.3 is 0 Å².